The van der Waals surface area contributed by atoms with Gasteiger partial charge in [-0.1, -0.05) is 40.7 Å². The summed E-state index contributed by atoms with van der Waals surface area (Å²) in [5, 5.41) is 26.3. The van der Waals surface area contributed by atoms with Gasteiger partial charge in [0.1, 0.15) is 5.60 Å². The van der Waals surface area contributed by atoms with Crippen LogP contribution in [-0.4, -0.2) is 50.7 Å². The molecular weight excluding hydrogens is 581 g/mol. The zero-order valence-electron chi connectivity index (χ0n) is 23.6. The molecule has 0 aliphatic carbocycles. The molecule has 3 aromatic rings. The van der Waals surface area contributed by atoms with Gasteiger partial charge in [-0.3, -0.25) is 9.59 Å². The van der Waals surface area contributed by atoms with Crippen molar-refractivity contribution >= 4 is 34.6 Å². The lowest BCUT2D eigenvalue weighted by Crippen LogP contribution is -2.54. The lowest BCUT2D eigenvalue weighted by Gasteiger charge is -2.38. The molecular formula is C31H32F3N4O4S+. The summed E-state index contributed by atoms with van der Waals surface area (Å²) in [5.41, 5.74) is -1.02. The van der Waals surface area contributed by atoms with Crippen LogP contribution in [0.5, 0.6) is 0 Å². The summed E-state index contributed by atoms with van der Waals surface area (Å²) in [7, 11) is 0. The second-order valence-corrected chi connectivity index (χ2v) is 11.9. The summed E-state index contributed by atoms with van der Waals surface area (Å²) in [6.07, 6.45) is -2.49. The van der Waals surface area contributed by atoms with Gasteiger partial charge in [-0.15, -0.1) is 0 Å². The number of amides is 2. The first-order valence-electron chi connectivity index (χ1n) is 13.5. The van der Waals surface area contributed by atoms with E-state index < -0.39 is 46.1 Å². The molecule has 2 unspecified atom stereocenters. The fraction of sp³-hybridized carbons (Fsp3) is 0.323. The molecule has 1 fully saturated rings. The summed E-state index contributed by atoms with van der Waals surface area (Å²) >= 11 is -0.973. The van der Waals surface area contributed by atoms with Gasteiger partial charge in [-0.05, 0) is 65.8 Å². The van der Waals surface area contributed by atoms with Crippen LogP contribution in [0.3, 0.4) is 0 Å². The minimum absolute atomic E-state index is 0.110. The highest BCUT2D eigenvalue weighted by molar-refractivity contribution is 7.88. The Kier molecular flexibility index (Phi) is 9.82. The van der Waals surface area contributed by atoms with E-state index in [1.54, 1.807) is 30.5 Å². The van der Waals surface area contributed by atoms with Crippen molar-refractivity contribution in [2.24, 2.45) is 5.92 Å². The van der Waals surface area contributed by atoms with Crippen LogP contribution in [0.15, 0.2) is 66.7 Å². The molecule has 226 valence electrons. The van der Waals surface area contributed by atoms with E-state index in [9.17, 15) is 32.4 Å². The first kappa shape index (κ1) is 32.0. The number of nitriles is 1. The monoisotopic (exact) mass is 613 g/mol. The number of piperidine rings is 1. The molecule has 2 amide bonds. The summed E-state index contributed by atoms with van der Waals surface area (Å²) in [6, 6.07) is 18.8. The molecule has 0 radical (unpaired) electrons. The highest BCUT2D eigenvalue weighted by Gasteiger charge is 2.47. The predicted octanol–water partition coefficient (Wildman–Crippen LogP) is 5.46. The van der Waals surface area contributed by atoms with Gasteiger partial charge in [-0.2, -0.15) is 23.0 Å². The highest BCUT2D eigenvalue weighted by Crippen LogP contribution is 2.36. The van der Waals surface area contributed by atoms with E-state index in [1.165, 1.54) is 19.1 Å². The second kappa shape index (κ2) is 13.2. The van der Waals surface area contributed by atoms with Gasteiger partial charge in [-0.25, -0.2) is 0 Å². The van der Waals surface area contributed by atoms with Crippen LogP contribution in [0.25, 0.3) is 11.1 Å². The maximum atomic E-state index is 13.7. The molecule has 3 aromatic carbocycles. The molecule has 0 aromatic heterocycles. The average molecular weight is 614 g/mol. The zero-order valence-corrected chi connectivity index (χ0v) is 24.4. The zero-order chi connectivity index (χ0) is 31.4. The Balaban J connectivity index is 1.64. The predicted molar refractivity (Wildman–Crippen MR) is 160 cm³/mol. The van der Waals surface area contributed by atoms with E-state index in [-0.39, 0.29) is 18.0 Å². The molecule has 4 N–H and O–H groups in total. The van der Waals surface area contributed by atoms with Crippen molar-refractivity contribution in [3.63, 3.8) is 0 Å². The van der Waals surface area contributed by atoms with Crippen molar-refractivity contribution in [2.75, 3.05) is 30.0 Å². The fourth-order valence-electron chi connectivity index (χ4n) is 5.32. The third kappa shape index (κ3) is 7.74. The molecule has 12 heteroatoms. The molecule has 8 nitrogen and oxygen atoms in total. The van der Waals surface area contributed by atoms with Gasteiger partial charge in [0.2, 0.25) is 17.3 Å². The molecule has 0 spiro atoms. The number of benzene rings is 3. The van der Waals surface area contributed by atoms with Gasteiger partial charge in [0, 0.05) is 37.8 Å². The van der Waals surface area contributed by atoms with Crippen molar-refractivity contribution < 1.29 is 32.4 Å². The number of aliphatic hydroxyl groups is 1. The Morgan fingerprint density at radius 3 is 2.23 bits per heavy atom. The molecule has 2 atom stereocenters. The number of carbonyl (C=O) groups excluding carboxylic acids is 2. The van der Waals surface area contributed by atoms with Gasteiger partial charge < -0.3 is 15.7 Å². The summed E-state index contributed by atoms with van der Waals surface area (Å²) in [6.45, 7) is 2.29. The van der Waals surface area contributed by atoms with Crippen molar-refractivity contribution in [1.82, 2.24) is 4.31 Å². The maximum Gasteiger partial charge on any atom is 0.417 e. The SMILES string of the molecule is CC(=O)Nc1ccc(-c2cccc(CC(O)(C(=O)Nc3ccc(C#N)c(C(F)(F)F)c3)C3CCN([S+](C)O)CC3)c2)cc1. The number of nitrogens with zero attached hydrogens (tertiary/aromatic N) is 2. The Morgan fingerprint density at radius 2 is 1.65 bits per heavy atom. The topological polar surface area (TPSA) is 126 Å². The summed E-state index contributed by atoms with van der Waals surface area (Å²) in [5.74, 6) is -1.59. The van der Waals surface area contributed by atoms with Crippen molar-refractivity contribution in [1.29, 1.82) is 5.26 Å². The average Bonchev–Trinajstić information content (AvgIpc) is 2.97. The first-order valence-corrected chi connectivity index (χ1v) is 15.1. The van der Waals surface area contributed by atoms with E-state index in [0.717, 1.165) is 17.2 Å². The largest absolute Gasteiger partial charge is 0.417 e. The lowest BCUT2D eigenvalue weighted by atomic mass is 9.76. The molecule has 1 aliphatic rings. The van der Waals surface area contributed by atoms with E-state index >= 15 is 0 Å². The normalized spacial score (nSPS) is 16.5. The molecule has 0 saturated carbocycles. The Bertz CT molecular complexity index is 1520. The standard InChI is InChI=1S/C31H31F3N4O4S/c1-20(39)36-26-9-6-22(7-10-26)23-5-3-4-21(16-23)18-30(41,25-12-14-38(15-13-25)43(2)42)29(40)37-27-11-8-24(19-35)28(17-27)31(32,33)34/h3-11,16-17,25,41-42H,12-15,18H2,1-2H3,(H-,36,37,39,40)/p+1. The van der Waals surface area contributed by atoms with Crippen LogP contribution in [-0.2, 0) is 33.5 Å². The number of anilines is 2. The van der Waals surface area contributed by atoms with Crippen LogP contribution >= 0.6 is 0 Å². The molecule has 0 bridgehead atoms. The maximum absolute atomic E-state index is 13.7. The molecule has 1 saturated heterocycles. The quantitative estimate of drug-likeness (QED) is 0.250. The third-order valence-electron chi connectivity index (χ3n) is 7.54. The van der Waals surface area contributed by atoms with Crippen LogP contribution in [0.2, 0.25) is 0 Å². The van der Waals surface area contributed by atoms with Crippen LogP contribution in [0.4, 0.5) is 24.5 Å². The Labute approximate surface area is 250 Å². The number of hydrogen-bond acceptors (Lipinski definition) is 6. The Hall–Kier alpha value is -3.89. The van der Waals surface area contributed by atoms with Crippen LogP contribution < -0.4 is 10.6 Å². The number of nitrogens with one attached hydrogen (secondary N) is 2. The molecule has 4 rings (SSSR count). The lowest BCUT2D eigenvalue weighted by molar-refractivity contribution is -0.142. The minimum atomic E-state index is -4.81. The fourth-order valence-corrected chi connectivity index (χ4v) is 6.06. The second-order valence-electron chi connectivity index (χ2n) is 10.5. The van der Waals surface area contributed by atoms with E-state index in [1.807, 2.05) is 28.6 Å². The van der Waals surface area contributed by atoms with Gasteiger partial charge in [0.15, 0.2) is 6.26 Å². The minimum Gasteiger partial charge on any atom is -0.379 e. The van der Waals surface area contributed by atoms with Crippen molar-refractivity contribution in [3.8, 4) is 17.2 Å². The van der Waals surface area contributed by atoms with Gasteiger partial charge in [0.25, 0.3) is 5.91 Å². The first-order chi connectivity index (χ1) is 20.3. The smallest absolute Gasteiger partial charge is 0.379 e. The molecule has 1 heterocycles. The van der Waals surface area contributed by atoms with Gasteiger partial charge in [0.05, 0.1) is 17.2 Å². The summed E-state index contributed by atoms with van der Waals surface area (Å²) in [4.78, 5) is 25.1. The molecule has 43 heavy (non-hydrogen) atoms. The Morgan fingerprint density at radius 1 is 1.00 bits per heavy atom. The number of alkyl halides is 3. The number of hydrogen-bond donors (Lipinski definition) is 4. The molecule has 1 aliphatic heterocycles. The van der Waals surface area contributed by atoms with E-state index in [0.29, 0.717) is 43.2 Å². The van der Waals surface area contributed by atoms with Crippen molar-refractivity contribution in [2.45, 2.75) is 38.0 Å². The highest BCUT2D eigenvalue weighted by atomic mass is 32.2. The van der Waals surface area contributed by atoms with Gasteiger partial charge >= 0.3 is 6.18 Å². The van der Waals surface area contributed by atoms with E-state index in [2.05, 4.69) is 10.6 Å². The third-order valence-corrected chi connectivity index (χ3v) is 8.65. The number of carbonyl (C=O) groups is 2. The van der Waals surface area contributed by atoms with Crippen LogP contribution in [0, 0.1) is 17.2 Å². The number of halogens is 3. The summed E-state index contributed by atoms with van der Waals surface area (Å²) < 4.78 is 52.6. The van der Waals surface area contributed by atoms with Crippen LogP contribution in [0.1, 0.15) is 36.5 Å². The van der Waals surface area contributed by atoms with E-state index in [4.69, 9.17) is 5.26 Å². The van der Waals surface area contributed by atoms with Crippen molar-refractivity contribution in [3.05, 3.63) is 83.4 Å². The number of rotatable bonds is 8.